The topological polar surface area (TPSA) is 41.1 Å². The Hall–Kier alpha value is -2.23. The number of fused-ring (bicyclic) bond motifs is 1. The number of amides is 1. The van der Waals surface area contributed by atoms with E-state index in [-0.39, 0.29) is 12.5 Å². The SMILES string of the molecule is O=C(CNc1ccc(Cl)c(Cl)c1)Nc1cccc2ccccc12. The number of anilines is 2. The van der Waals surface area contributed by atoms with Crippen molar-refractivity contribution in [1.82, 2.24) is 0 Å². The molecular formula is C18H14Cl2N2O. The minimum absolute atomic E-state index is 0.132. The van der Waals surface area contributed by atoms with E-state index in [1.54, 1.807) is 18.2 Å². The molecule has 5 heteroatoms. The second-order valence-electron chi connectivity index (χ2n) is 5.06. The van der Waals surface area contributed by atoms with Crippen molar-refractivity contribution in [1.29, 1.82) is 0 Å². The van der Waals surface area contributed by atoms with E-state index in [1.807, 2.05) is 42.5 Å². The van der Waals surface area contributed by atoms with Crippen LogP contribution in [0.5, 0.6) is 0 Å². The maximum Gasteiger partial charge on any atom is 0.243 e. The van der Waals surface area contributed by atoms with Crippen LogP contribution in [0.4, 0.5) is 11.4 Å². The molecule has 116 valence electrons. The third kappa shape index (κ3) is 3.76. The number of carbonyl (C=O) groups excluding carboxylic acids is 1. The second-order valence-corrected chi connectivity index (χ2v) is 5.87. The number of hydrogen-bond donors (Lipinski definition) is 2. The van der Waals surface area contributed by atoms with Crippen LogP contribution in [-0.2, 0) is 4.79 Å². The van der Waals surface area contributed by atoms with Crippen molar-refractivity contribution in [2.75, 3.05) is 17.2 Å². The lowest BCUT2D eigenvalue weighted by atomic mass is 10.1. The molecule has 0 aliphatic rings. The van der Waals surface area contributed by atoms with E-state index in [0.717, 1.165) is 22.1 Å². The maximum atomic E-state index is 12.1. The number of nitrogens with one attached hydrogen (secondary N) is 2. The summed E-state index contributed by atoms with van der Waals surface area (Å²) in [5.74, 6) is -0.132. The van der Waals surface area contributed by atoms with Crippen LogP contribution in [-0.4, -0.2) is 12.5 Å². The van der Waals surface area contributed by atoms with Crippen molar-refractivity contribution in [3.8, 4) is 0 Å². The Morgan fingerprint density at radius 1 is 0.913 bits per heavy atom. The molecule has 0 unspecified atom stereocenters. The molecule has 23 heavy (non-hydrogen) atoms. The molecule has 3 rings (SSSR count). The largest absolute Gasteiger partial charge is 0.376 e. The van der Waals surface area contributed by atoms with Gasteiger partial charge in [0.15, 0.2) is 0 Å². The van der Waals surface area contributed by atoms with E-state index in [0.29, 0.717) is 10.0 Å². The van der Waals surface area contributed by atoms with Gasteiger partial charge in [0.2, 0.25) is 5.91 Å². The Bertz CT molecular complexity index is 859. The van der Waals surface area contributed by atoms with Gasteiger partial charge in [-0.3, -0.25) is 4.79 Å². The summed E-state index contributed by atoms with van der Waals surface area (Å²) < 4.78 is 0. The van der Waals surface area contributed by atoms with E-state index in [9.17, 15) is 4.79 Å². The van der Waals surface area contributed by atoms with Crippen LogP contribution in [0, 0.1) is 0 Å². The van der Waals surface area contributed by atoms with Gasteiger partial charge in [-0.15, -0.1) is 0 Å². The molecule has 0 aliphatic carbocycles. The molecule has 3 aromatic rings. The Kier molecular flexibility index (Phi) is 4.70. The highest BCUT2D eigenvalue weighted by molar-refractivity contribution is 6.42. The molecule has 3 aromatic carbocycles. The average Bonchev–Trinajstić information content (AvgIpc) is 2.56. The molecular weight excluding hydrogens is 331 g/mol. The van der Waals surface area contributed by atoms with Gasteiger partial charge in [-0.25, -0.2) is 0 Å². The van der Waals surface area contributed by atoms with Crippen molar-refractivity contribution >= 4 is 51.3 Å². The molecule has 0 spiro atoms. The van der Waals surface area contributed by atoms with Crippen molar-refractivity contribution in [2.24, 2.45) is 0 Å². The predicted octanol–water partition coefficient (Wildman–Crippen LogP) is 5.20. The van der Waals surface area contributed by atoms with E-state index in [4.69, 9.17) is 23.2 Å². The van der Waals surface area contributed by atoms with Gasteiger partial charge < -0.3 is 10.6 Å². The molecule has 3 nitrogen and oxygen atoms in total. The Labute approximate surface area is 144 Å². The molecule has 0 saturated carbocycles. The first-order valence-electron chi connectivity index (χ1n) is 7.10. The molecule has 0 aliphatic heterocycles. The van der Waals surface area contributed by atoms with Crippen LogP contribution >= 0.6 is 23.2 Å². The summed E-state index contributed by atoms with van der Waals surface area (Å²) in [6.07, 6.45) is 0. The lowest BCUT2D eigenvalue weighted by Gasteiger charge is -2.10. The zero-order valence-corrected chi connectivity index (χ0v) is 13.7. The van der Waals surface area contributed by atoms with Gasteiger partial charge in [-0.1, -0.05) is 59.6 Å². The predicted molar refractivity (Wildman–Crippen MR) is 97.5 cm³/mol. The van der Waals surface area contributed by atoms with E-state index < -0.39 is 0 Å². The lowest BCUT2D eigenvalue weighted by Crippen LogP contribution is -2.21. The average molecular weight is 345 g/mol. The summed E-state index contributed by atoms with van der Waals surface area (Å²) in [4.78, 5) is 12.1. The van der Waals surface area contributed by atoms with Crippen LogP contribution in [0.2, 0.25) is 10.0 Å². The van der Waals surface area contributed by atoms with Crippen LogP contribution in [0.15, 0.2) is 60.7 Å². The van der Waals surface area contributed by atoms with E-state index >= 15 is 0 Å². The zero-order valence-electron chi connectivity index (χ0n) is 12.1. The number of rotatable bonds is 4. The minimum atomic E-state index is -0.132. The summed E-state index contributed by atoms with van der Waals surface area (Å²) >= 11 is 11.8. The number of halogens is 2. The summed E-state index contributed by atoms with van der Waals surface area (Å²) in [6, 6.07) is 18.9. The first kappa shape index (κ1) is 15.7. The van der Waals surface area contributed by atoms with E-state index in [1.165, 1.54) is 0 Å². The molecule has 0 fully saturated rings. The maximum absolute atomic E-state index is 12.1. The Morgan fingerprint density at radius 3 is 2.52 bits per heavy atom. The fraction of sp³-hybridized carbons (Fsp3) is 0.0556. The van der Waals surface area contributed by atoms with Crippen molar-refractivity contribution in [3.05, 3.63) is 70.7 Å². The quantitative estimate of drug-likeness (QED) is 0.683. The number of benzene rings is 3. The van der Waals surface area contributed by atoms with Crippen LogP contribution in [0.25, 0.3) is 10.8 Å². The first-order valence-corrected chi connectivity index (χ1v) is 7.85. The molecule has 2 N–H and O–H groups in total. The van der Waals surface area contributed by atoms with Crippen molar-refractivity contribution in [2.45, 2.75) is 0 Å². The zero-order chi connectivity index (χ0) is 16.2. The molecule has 0 heterocycles. The smallest absolute Gasteiger partial charge is 0.243 e. The highest BCUT2D eigenvalue weighted by Crippen LogP contribution is 2.25. The van der Waals surface area contributed by atoms with Gasteiger partial charge in [-0.2, -0.15) is 0 Å². The Balaban J connectivity index is 1.68. The summed E-state index contributed by atoms with van der Waals surface area (Å²) in [5.41, 5.74) is 1.54. The fourth-order valence-electron chi connectivity index (χ4n) is 2.32. The molecule has 0 radical (unpaired) electrons. The highest BCUT2D eigenvalue weighted by atomic mass is 35.5. The van der Waals surface area contributed by atoms with Gasteiger partial charge in [0.25, 0.3) is 0 Å². The van der Waals surface area contributed by atoms with Gasteiger partial charge in [0.1, 0.15) is 0 Å². The van der Waals surface area contributed by atoms with Crippen LogP contribution in [0.1, 0.15) is 0 Å². The highest BCUT2D eigenvalue weighted by Gasteiger charge is 2.06. The molecule has 1 amide bonds. The number of carbonyl (C=O) groups is 1. The summed E-state index contributed by atoms with van der Waals surface area (Å²) in [7, 11) is 0. The monoisotopic (exact) mass is 344 g/mol. The van der Waals surface area contributed by atoms with Crippen LogP contribution < -0.4 is 10.6 Å². The van der Waals surface area contributed by atoms with Crippen molar-refractivity contribution < 1.29 is 4.79 Å². The summed E-state index contributed by atoms with van der Waals surface area (Å²) in [5, 5.41) is 8.98. The van der Waals surface area contributed by atoms with Gasteiger partial charge in [-0.05, 0) is 29.7 Å². The van der Waals surface area contributed by atoms with Gasteiger partial charge in [0.05, 0.1) is 16.6 Å². The molecule has 0 bridgehead atoms. The van der Waals surface area contributed by atoms with Crippen LogP contribution in [0.3, 0.4) is 0 Å². The van der Waals surface area contributed by atoms with Gasteiger partial charge in [0, 0.05) is 16.8 Å². The lowest BCUT2D eigenvalue weighted by molar-refractivity contribution is -0.114. The fourth-order valence-corrected chi connectivity index (χ4v) is 2.62. The first-order chi connectivity index (χ1) is 11.1. The van der Waals surface area contributed by atoms with E-state index in [2.05, 4.69) is 10.6 Å². The Morgan fingerprint density at radius 2 is 1.70 bits per heavy atom. The van der Waals surface area contributed by atoms with Gasteiger partial charge >= 0.3 is 0 Å². The molecule has 0 saturated heterocycles. The standard InChI is InChI=1S/C18H14Cl2N2O/c19-15-9-8-13(10-16(15)20)21-11-18(23)22-17-7-3-5-12-4-1-2-6-14(12)17/h1-10,21H,11H2,(H,22,23). The minimum Gasteiger partial charge on any atom is -0.376 e. The molecule has 0 aromatic heterocycles. The normalized spacial score (nSPS) is 10.5. The summed E-state index contributed by atoms with van der Waals surface area (Å²) in [6.45, 7) is 0.140. The molecule has 0 atom stereocenters. The number of hydrogen-bond acceptors (Lipinski definition) is 2. The van der Waals surface area contributed by atoms with Crippen molar-refractivity contribution in [3.63, 3.8) is 0 Å². The third-order valence-electron chi connectivity index (χ3n) is 3.44. The third-order valence-corrected chi connectivity index (χ3v) is 4.18. The second kappa shape index (κ2) is 6.90.